The fourth-order valence-corrected chi connectivity index (χ4v) is 2.93. The molecule has 2 aliphatic heterocycles. The summed E-state index contributed by atoms with van der Waals surface area (Å²) in [6.45, 7) is 0.686. The molecule has 98 valence electrons. The summed E-state index contributed by atoms with van der Waals surface area (Å²) in [5.41, 5.74) is 4.36. The standard InChI is InChI=1S/C17H14N2O/c20-16-10-15(12-6-2-1-3-7-12)18-17-14-9-5-4-8-13(14)11-19(16)17/h1-10,17-18H,11H2. The number of nitrogens with zero attached hydrogens (tertiary/aromatic N) is 1. The van der Waals surface area contributed by atoms with Crippen LogP contribution in [0.1, 0.15) is 22.9 Å². The molecule has 4 rings (SSSR count). The van der Waals surface area contributed by atoms with Crippen LogP contribution in [0.2, 0.25) is 0 Å². The highest BCUT2D eigenvalue weighted by atomic mass is 16.2. The number of nitrogens with one attached hydrogen (secondary N) is 1. The van der Waals surface area contributed by atoms with Gasteiger partial charge in [-0.3, -0.25) is 4.79 Å². The topological polar surface area (TPSA) is 32.3 Å². The minimum atomic E-state index is -0.0427. The first-order valence-electron chi connectivity index (χ1n) is 6.75. The van der Waals surface area contributed by atoms with E-state index in [1.54, 1.807) is 6.08 Å². The van der Waals surface area contributed by atoms with Crippen molar-refractivity contribution in [1.82, 2.24) is 10.2 Å². The molecule has 1 atom stereocenters. The van der Waals surface area contributed by atoms with Crippen LogP contribution in [0.5, 0.6) is 0 Å². The van der Waals surface area contributed by atoms with Crippen molar-refractivity contribution in [1.29, 1.82) is 0 Å². The van der Waals surface area contributed by atoms with Gasteiger partial charge in [0, 0.05) is 18.3 Å². The Balaban J connectivity index is 1.75. The van der Waals surface area contributed by atoms with Gasteiger partial charge in [0.2, 0.25) is 0 Å². The van der Waals surface area contributed by atoms with Gasteiger partial charge in [-0.2, -0.15) is 0 Å². The van der Waals surface area contributed by atoms with E-state index in [2.05, 4.69) is 17.4 Å². The first-order valence-corrected chi connectivity index (χ1v) is 6.75. The Kier molecular flexibility index (Phi) is 2.39. The summed E-state index contributed by atoms with van der Waals surface area (Å²) < 4.78 is 0. The molecular formula is C17H14N2O. The number of hydrogen-bond acceptors (Lipinski definition) is 2. The Morgan fingerprint density at radius 2 is 1.75 bits per heavy atom. The van der Waals surface area contributed by atoms with E-state index < -0.39 is 0 Å². The zero-order valence-electron chi connectivity index (χ0n) is 10.9. The molecule has 1 N–H and O–H groups in total. The highest BCUT2D eigenvalue weighted by Crippen LogP contribution is 2.36. The average molecular weight is 262 g/mol. The van der Waals surface area contributed by atoms with Gasteiger partial charge in [0.1, 0.15) is 6.17 Å². The van der Waals surface area contributed by atoms with E-state index in [1.807, 2.05) is 47.4 Å². The van der Waals surface area contributed by atoms with Crippen LogP contribution >= 0.6 is 0 Å². The number of hydrogen-bond donors (Lipinski definition) is 1. The fourth-order valence-electron chi connectivity index (χ4n) is 2.93. The second-order valence-electron chi connectivity index (χ2n) is 5.14. The van der Waals surface area contributed by atoms with Crippen LogP contribution in [0.25, 0.3) is 5.70 Å². The van der Waals surface area contributed by atoms with Gasteiger partial charge in [-0.1, -0.05) is 54.6 Å². The smallest absolute Gasteiger partial charge is 0.250 e. The molecule has 0 aliphatic carbocycles. The van der Waals surface area contributed by atoms with Gasteiger partial charge in [-0.25, -0.2) is 0 Å². The van der Waals surface area contributed by atoms with E-state index in [0.717, 1.165) is 11.3 Å². The van der Waals surface area contributed by atoms with E-state index in [1.165, 1.54) is 11.1 Å². The maximum Gasteiger partial charge on any atom is 0.250 e. The second-order valence-corrected chi connectivity index (χ2v) is 5.14. The second kappa shape index (κ2) is 4.23. The van der Waals surface area contributed by atoms with Crippen LogP contribution in [0.4, 0.5) is 0 Å². The van der Waals surface area contributed by atoms with E-state index in [0.29, 0.717) is 6.54 Å². The van der Waals surface area contributed by atoms with E-state index in [-0.39, 0.29) is 12.1 Å². The molecule has 0 radical (unpaired) electrons. The number of carbonyl (C=O) groups is 1. The molecule has 2 heterocycles. The van der Waals surface area contributed by atoms with Crippen molar-refractivity contribution in [3.05, 3.63) is 77.4 Å². The van der Waals surface area contributed by atoms with E-state index >= 15 is 0 Å². The Hall–Kier alpha value is -2.55. The lowest BCUT2D eigenvalue weighted by Gasteiger charge is -2.31. The Bertz CT molecular complexity index is 706. The maximum absolute atomic E-state index is 12.3. The first kappa shape index (κ1) is 11.3. The number of rotatable bonds is 1. The largest absolute Gasteiger partial charge is 0.361 e. The molecular weight excluding hydrogens is 248 g/mol. The summed E-state index contributed by atoms with van der Waals surface area (Å²) in [6.07, 6.45) is 1.65. The molecule has 1 amide bonds. The molecule has 20 heavy (non-hydrogen) atoms. The zero-order valence-corrected chi connectivity index (χ0v) is 10.9. The summed E-state index contributed by atoms with van der Waals surface area (Å²) in [5.74, 6) is 0.0730. The van der Waals surface area contributed by atoms with Crippen molar-refractivity contribution < 1.29 is 4.79 Å². The molecule has 0 fully saturated rings. The Labute approximate surface area is 117 Å². The van der Waals surface area contributed by atoms with Crippen molar-refractivity contribution in [2.24, 2.45) is 0 Å². The highest BCUT2D eigenvalue weighted by Gasteiger charge is 2.35. The summed E-state index contributed by atoms with van der Waals surface area (Å²) in [4.78, 5) is 14.2. The quantitative estimate of drug-likeness (QED) is 0.857. The normalized spacial score (nSPS) is 20.0. The lowest BCUT2D eigenvalue weighted by atomic mass is 10.1. The summed E-state index contributed by atoms with van der Waals surface area (Å²) in [6, 6.07) is 18.2. The van der Waals surface area contributed by atoms with Gasteiger partial charge < -0.3 is 10.2 Å². The Morgan fingerprint density at radius 1 is 1.00 bits per heavy atom. The lowest BCUT2D eigenvalue weighted by Crippen LogP contribution is -2.40. The number of carbonyl (C=O) groups excluding carboxylic acids is 1. The molecule has 0 aromatic heterocycles. The fraction of sp³-hybridized carbons (Fsp3) is 0.118. The maximum atomic E-state index is 12.3. The average Bonchev–Trinajstić information content (AvgIpc) is 2.88. The first-order chi connectivity index (χ1) is 9.83. The predicted molar refractivity (Wildman–Crippen MR) is 77.3 cm³/mol. The van der Waals surface area contributed by atoms with Gasteiger partial charge in [0.25, 0.3) is 5.91 Å². The monoisotopic (exact) mass is 262 g/mol. The SMILES string of the molecule is O=C1C=C(c2ccccc2)NC2c3ccccc3CN12. The third-order valence-corrected chi connectivity index (χ3v) is 3.93. The minimum Gasteiger partial charge on any atom is -0.361 e. The summed E-state index contributed by atoms with van der Waals surface area (Å²) in [5, 5.41) is 3.48. The van der Waals surface area contributed by atoms with Gasteiger partial charge >= 0.3 is 0 Å². The molecule has 1 unspecified atom stereocenters. The van der Waals surface area contributed by atoms with Crippen LogP contribution in [-0.4, -0.2) is 10.8 Å². The molecule has 0 saturated heterocycles. The highest BCUT2D eigenvalue weighted by molar-refractivity contribution is 5.97. The molecule has 0 saturated carbocycles. The van der Waals surface area contributed by atoms with Crippen molar-refractivity contribution in [2.75, 3.05) is 0 Å². The van der Waals surface area contributed by atoms with Crippen molar-refractivity contribution in [3.63, 3.8) is 0 Å². The molecule has 2 aliphatic rings. The molecule has 0 spiro atoms. The Morgan fingerprint density at radius 3 is 2.60 bits per heavy atom. The van der Waals surface area contributed by atoms with Gasteiger partial charge in [0.05, 0.1) is 0 Å². The summed E-state index contributed by atoms with van der Waals surface area (Å²) >= 11 is 0. The van der Waals surface area contributed by atoms with Crippen LogP contribution < -0.4 is 5.32 Å². The van der Waals surface area contributed by atoms with Crippen LogP contribution in [0.3, 0.4) is 0 Å². The summed E-state index contributed by atoms with van der Waals surface area (Å²) in [7, 11) is 0. The van der Waals surface area contributed by atoms with E-state index in [9.17, 15) is 4.79 Å². The molecule has 3 nitrogen and oxygen atoms in total. The van der Waals surface area contributed by atoms with Crippen molar-refractivity contribution >= 4 is 11.6 Å². The third kappa shape index (κ3) is 1.63. The van der Waals surface area contributed by atoms with Gasteiger partial charge in [-0.05, 0) is 16.7 Å². The number of benzene rings is 2. The number of fused-ring (bicyclic) bond motifs is 3. The predicted octanol–water partition coefficient (Wildman–Crippen LogP) is 2.67. The molecule has 0 bridgehead atoms. The molecule has 3 heteroatoms. The molecule has 2 aromatic carbocycles. The third-order valence-electron chi connectivity index (χ3n) is 3.93. The van der Waals surface area contributed by atoms with Crippen molar-refractivity contribution in [3.8, 4) is 0 Å². The molecule has 2 aromatic rings. The van der Waals surface area contributed by atoms with Crippen LogP contribution in [-0.2, 0) is 11.3 Å². The lowest BCUT2D eigenvalue weighted by molar-refractivity contribution is -0.129. The zero-order chi connectivity index (χ0) is 13.5. The van der Waals surface area contributed by atoms with Crippen LogP contribution in [0, 0.1) is 0 Å². The number of amides is 1. The van der Waals surface area contributed by atoms with Gasteiger partial charge in [0.15, 0.2) is 0 Å². The van der Waals surface area contributed by atoms with E-state index in [4.69, 9.17) is 0 Å². The minimum absolute atomic E-state index is 0.0427. The van der Waals surface area contributed by atoms with Crippen molar-refractivity contribution in [2.45, 2.75) is 12.7 Å². The van der Waals surface area contributed by atoms with Crippen LogP contribution in [0.15, 0.2) is 60.7 Å². The van der Waals surface area contributed by atoms with Gasteiger partial charge in [-0.15, -0.1) is 0 Å².